The maximum absolute atomic E-state index is 13.0. The Labute approximate surface area is 196 Å². The zero-order chi connectivity index (χ0) is 22.8. The summed E-state index contributed by atoms with van der Waals surface area (Å²) in [5, 5.41) is 12.9. The molecule has 2 aromatic rings. The number of nitrogens with zero attached hydrogens (tertiary/aromatic N) is 3. The zero-order valence-electron chi connectivity index (χ0n) is 17.7. The first-order valence-corrected chi connectivity index (χ1v) is 11.5. The molecular formula is C24H23N3O3S2. The monoisotopic (exact) mass is 465 g/mol. The van der Waals surface area contributed by atoms with Crippen molar-refractivity contribution in [1.82, 2.24) is 9.80 Å². The predicted molar refractivity (Wildman–Crippen MR) is 132 cm³/mol. The molecule has 0 aliphatic carbocycles. The number of thioether (sulfide) groups is 1. The number of allylic oxidation sites excluding steroid dienone is 2. The van der Waals surface area contributed by atoms with Gasteiger partial charge in [-0.25, -0.2) is 0 Å². The quantitative estimate of drug-likeness (QED) is 0.365. The second-order valence-electron chi connectivity index (χ2n) is 7.33. The summed E-state index contributed by atoms with van der Waals surface area (Å²) < 4.78 is 0. The van der Waals surface area contributed by atoms with E-state index in [9.17, 15) is 14.7 Å². The van der Waals surface area contributed by atoms with Crippen molar-refractivity contribution in [3.63, 3.8) is 0 Å². The maximum Gasteiger partial charge on any atom is 0.323 e. The Morgan fingerprint density at radius 1 is 1.16 bits per heavy atom. The van der Waals surface area contributed by atoms with Crippen molar-refractivity contribution < 1.29 is 14.7 Å². The van der Waals surface area contributed by atoms with Crippen LogP contribution in [0, 0.1) is 0 Å². The Morgan fingerprint density at radius 3 is 2.66 bits per heavy atom. The van der Waals surface area contributed by atoms with Crippen molar-refractivity contribution in [1.29, 1.82) is 0 Å². The van der Waals surface area contributed by atoms with Crippen molar-refractivity contribution in [3.05, 3.63) is 71.9 Å². The van der Waals surface area contributed by atoms with E-state index in [1.807, 2.05) is 18.2 Å². The van der Waals surface area contributed by atoms with E-state index in [1.165, 1.54) is 20.6 Å². The number of carbonyl (C=O) groups excluding carboxylic acids is 1. The van der Waals surface area contributed by atoms with Gasteiger partial charge in [0.15, 0.2) is 5.11 Å². The van der Waals surface area contributed by atoms with Crippen LogP contribution >= 0.6 is 24.0 Å². The average Bonchev–Trinajstić information content (AvgIpc) is 3.25. The molecule has 0 atom stereocenters. The Kier molecular flexibility index (Phi) is 6.34. The predicted octanol–water partition coefficient (Wildman–Crippen LogP) is 4.59. The molecule has 32 heavy (non-hydrogen) atoms. The molecule has 0 aromatic heterocycles. The molecule has 6 nitrogen and oxygen atoms in total. The maximum atomic E-state index is 13.0. The first kappa shape index (κ1) is 22.1. The number of anilines is 1. The summed E-state index contributed by atoms with van der Waals surface area (Å²) in [6, 6.07) is 12.5. The Bertz CT molecular complexity index is 1190. The lowest BCUT2D eigenvalue weighted by Crippen LogP contribution is -2.35. The van der Waals surface area contributed by atoms with Crippen LogP contribution in [0.5, 0.6) is 0 Å². The molecule has 2 aliphatic heterocycles. The summed E-state index contributed by atoms with van der Waals surface area (Å²) in [6.07, 6.45) is 5.84. The van der Waals surface area contributed by atoms with Crippen LogP contribution in [-0.2, 0) is 9.59 Å². The van der Waals surface area contributed by atoms with Crippen molar-refractivity contribution in [2.45, 2.75) is 18.2 Å². The van der Waals surface area contributed by atoms with Gasteiger partial charge in [-0.3, -0.25) is 14.5 Å². The van der Waals surface area contributed by atoms with Crippen LogP contribution < -0.4 is 4.90 Å². The van der Waals surface area contributed by atoms with E-state index in [-0.39, 0.29) is 23.3 Å². The highest BCUT2D eigenvalue weighted by Gasteiger charge is 2.38. The van der Waals surface area contributed by atoms with E-state index in [2.05, 4.69) is 42.7 Å². The summed E-state index contributed by atoms with van der Waals surface area (Å²) >= 11 is 7.04. The Balaban J connectivity index is 1.71. The topological polar surface area (TPSA) is 64.1 Å². The molecule has 0 bridgehead atoms. The second-order valence-corrected chi connectivity index (χ2v) is 8.76. The van der Waals surface area contributed by atoms with Gasteiger partial charge in [-0.2, -0.15) is 0 Å². The van der Waals surface area contributed by atoms with Gasteiger partial charge < -0.3 is 14.9 Å². The average molecular weight is 466 g/mol. The highest BCUT2D eigenvalue weighted by atomic mass is 32.2. The normalized spacial score (nSPS) is 18.3. The third-order valence-corrected chi connectivity index (χ3v) is 6.94. The molecule has 2 aromatic carbocycles. The van der Waals surface area contributed by atoms with Crippen LogP contribution in [0.15, 0.2) is 76.8 Å². The number of rotatable bonds is 7. The number of amides is 1. The number of hydrogen-bond donors (Lipinski definition) is 1. The molecule has 0 saturated carbocycles. The van der Waals surface area contributed by atoms with Gasteiger partial charge in [0.05, 0.1) is 10.7 Å². The minimum absolute atomic E-state index is 0.213. The molecular weight excluding hydrogens is 442 g/mol. The fourth-order valence-electron chi connectivity index (χ4n) is 3.92. The van der Waals surface area contributed by atoms with Gasteiger partial charge in [0.2, 0.25) is 0 Å². The zero-order valence-corrected chi connectivity index (χ0v) is 19.3. The lowest BCUT2D eigenvalue weighted by molar-refractivity contribution is -0.137. The third-order valence-electron chi connectivity index (χ3n) is 5.38. The van der Waals surface area contributed by atoms with Crippen LogP contribution in [0.2, 0.25) is 0 Å². The Morgan fingerprint density at radius 2 is 1.94 bits per heavy atom. The number of carbonyl (C=O) groups is 2. The van der Waals surface area contributed by atoms with Gasteiger partial charge in [0, 0.05) is 23.4 Å². The molecule has 0 unspecified atom stereocenters. The minimum atomic E-state index is -1.05. The van der Waals surface area contributed by atoms with Crippen LogP contribution in [0.25, 0.3) is 10.8 Å². The molecule has 4 rings (SSSR count). The van der Waals surface area contributed by atoms with Gasteiger partial charge in [-0.1, -0.05) is 48.2 Å². The van der Waals surface area contributed by atoms with Crippen molar-refractivity contribution in [2.75, 3.05) is 24.5 Å². The summed E-state index contributed by atoms with van der Waals surface area (Å²) in [5.41, 5.74) is 1.43. The summed E-state index contributed by atoms with van der Waals surface area (Å²) in [6.45, 7) is 6.55. The van der Waals surface area contributed by atoms with Crippen LogP contribution in [0.3, 0.4) is 0 Å². The van der Waals surface area contributed by atoms with Crippen molar-refractivity contribution in [2.24, 2.45) is 0 Å². The number of thiocarbonyl (C=S) groups is 1. The molecule has 1 saturated heterocycles. The van der Waals surface area contributed by atoms with E-state index in [1.54, 1.807) is 23.9 Å². The van der Waals surface area contributed by atoms with E-state index >= 15 is 0 Å². The molecule has 2 aliphatic rings. The molecule has 1 N–H and O–H groups in total. The lowest BCUT2D eigenvalue weighted by Gasteiger charge is -2.20. The number of carboxylic acids is 1. The number of benzene rings is 2. The molecule has 164 valence electrons. The highest BCUT2D eigenvalue weighted by molar-refractivity contribution is 8.03. The van der Waals surface area contributed by atoms with Crippen LogP contribution in [0.1, 0.15) is 13.3 Å². The van der Waals surface area contributed by atoms with E-state index < -0.39 is 5.97 Å². The SMILES string of the molecule is C=CCCN1C(=O)C(=CC=C2Sc3ccc4ccccc4c3N2CC)N(CC(=O)O)C1=S. The number of hydrogen-bond acceptors (Lipinski definition) is 5. The Hall–Kier alpha value is -3.10. The fraction of sp³-hybridized carbons (Fsp3) is 0.208. The molecule has 0 radical (unpaired) electrons. The van der Waals surface area contributed by atoms with Crippen molar-refractivity contribution >= 4 is 57.4 Å². The first-order chi connectivity index (χ1) is 15.5. The van der Waals surface area contributed by atoms with Gasteiger partial charge in [0.1, 0.15) is 12.2 Å². The smallest absolute Gasteiger partial charge is 0.323 e. The van der Waals surface area contributed by atoms with Crippen LogP contribution in [-0.4, -0.2) is 51.5 Å². The lowest BCUT2D eigenvalue weighted by atomic mass is 10.1. The molecule has 1 amide bonds. The fourth-order valence-corrected chi connectivity index (χ4v) is 5.40. The largest absolute Gasteiger partial charge is 0.480 e. The first-order valence-electron chi connectivity index (χ1n) is 10.3. The number of carboxylic acid groups (broad SMARTS) is 1. The number of fused-ring (bicyclic) bond motifs is 3. The molecule has 2 heterocycles. The van der Waals surface area contributed by atoms with Gasteiger partial charge >= 0.3 is 5.97 Å². The number of aliphatic carboxylic acids is 1. The third kappa shape index (κ3) is 3.91. The van der Waals surface area contributed by atoms with E-state index in [0.29, 0.717) is 13.0 Å². The molecule has 8 heteroatoms. The summed E-state index contributed by atoms with van der Waals surface area (Å²) in [5.74, 6) is -1.34. The van der Waals surface area contributed by atoms with Gasteiger partial charge in [-0.05, 0) is 49.2 Å². The molecule has 0 spiro atoms. The van der Waals surface area contributed by atoms with E-state index in [4.69, 9.17) is 12.2 Å². The molecule has 1 fully saturated rings. The second kappa shape index (κ2) is 9.18. The highest BCUT2D eigenvalue weighted by Crippen LogP contribution is 2.49. The minimum Gasteiger partial charge on any atom is -0.480 e. The van der Waals surface area contributed by atoms with Gasteiger partial charge in [-0.15, -0.1) is 6.58 Å². The summed E-state index contributed by atoms with van der Waals surface area (Å²) in [4.78, 5) is 30.6. The summed E-state index contributed by atoms with van der Waals surface area (Å²) in [7, 11) is 0. The van der Waals surface area contributed by atoms with E-state index in [0.717, 1.165) is 22.2 Å². The van der Waals surface area contributed by atoms with Gasteiger partial charge in [0.25, 0.3) is 5.91 Å². The standard InChI is InChI=1S/C24H23N3O3S2/c1-3-5-14-26-23(30)18(27(24(26)31)15-21(28)29)11-13-20-25(4-2)22-17-9-7-6-8-16(17)10-12-19(22)32-20/h3,6-13H,1,4-5,14-15H2,2H3,(H,28,29). The van der Waals surface area contributed by atoms with Crippen LogP contribution in [0.4, 0.5) is 5.69 Å². The van der Waals surface area contributed by atoms with Crippen molar-refractivity contribution in [3.8, 4) is 0 Å².